The molecule has 3 heterocycles. The van der Waals surface area contributed by atoms with Crippen LogP contribution in [-0.2, 0) is 5.41 Å². The minimum atomic E-state index is 0.425. The van der Waals surface area contributed by atoms with Gasteiger partial charge in [0, 0.05) is 29.7 Å². The lowest BCUT2D eigenvalue weighted by Crippen LogP contribution is -2.36. The lowest BCUT2D eigenvalue weighted by molar-refractivity contribution is 0.244. The van der Waals surface area contributed by atoms with Gasteiger partial charge in [-0.15, -0.1) is 0 Å². The van der Waals surface area contributed by atoms with Crippen LogP contribution in [0.2, 0.25) is 0 Å². The molecule has 1 N–H and O–H groups in total. The number of hydrogen-bond donors (Lipinski definition) is 1. The Bertz CT molecular complexity index is 574. The summed E-state index contributed by atoms with van der Waals surface area (Å²) in [4.78, 5) is 10.2. The molecule has 1 saturated heterocycles. The average Bonchev–Trinajstić information content (AvgIpc) is 2.90. The second-order valence-electron chi connectivity index (χ2n) is 5.69. The maximum atomic E-state index is 4.40. The molecule has 0 aromatic carbocycles. The van der Waals surface area contributed by atoms with E-state index in [4.69, 9.17) is 0 Å². The summed E-state index contributed by atoms with van der Waals surface area (Å²) < 4.78 is 0. The number of nitrogens with zero attached hydrogens (tertiary/aromatic N) is 2. The Morgan fingerprint density at radius 2 is 2.47 bits per heavy atom. The molecule has 3 nitrogen and oxygen atoms in total. The molecule has 2 aromatic rings. The van der Waals surface area contributed by atoms with Crippen molar-refractivity contribution < 1.29 is 0 Å². The summed E-state index contributed by atoms with van der Waals surface area (Å²) >= 11 is 0. The Balaban J connectivity index is 1.85. The number of rotatable bonds is 1. The van der Waals surface area contributed by atoms with Crippen LogP contribution in [0.25, 0.3) is 11.0 Å². The van der Waals surface area contributed by atoms with Gasteiger partial charge in [-0.1, -0.05) is 0 Å². The maximum Gasteiger partial charge on any atom is 0.137 e. The van der Waals surface area contributed by atoms with Crippen molar-refractivity contribution >= 4 is 11.0 Å². The molecule has 2 aliphatic rings. The molecule has 2 aromatic heterocycles. The summed E-state index contributed by atoms with van der Waals surface area (Å²) in [7, 11) is 2.24. The molecule has 1 saturated carbocycles. The fraction of sp³-hybridized carbons (Fsp3) is 0.500. The average molecular weight is 227 g/mol. The number of hydrogen-bond acceptors (Lipinski definition) is 2. The van der Waals surface area contributed by atoms with Gasteiger partial charge in [0.2, 0.25) is 0 Å². The topological polar surface area (TPSA) is 31.9 Å². The molecule has 1 aliphatic heterocycles. The zero-order valence-corrected chi connectivity index (χ0v) is 10.1. The number of aromatic amines is 1. The predicted molar refractivity (Wildman–Crippen MR) is 68.0 cm³/mol. The van der Waals surface area contributed by atoms with Gasteiger partial charge in [0.25, 0.3) is 0 Å². The van der Waals surface area contributed by atoms with Crippen LogP contribution >= 0.6 is 0 Å². The molecule has 2 unspecified atom stereocenters. The molecule has 2 fully saturated rings. The summed E-state index contributed by atoms with van der Waals surface area (Å²) in [6, 6.07) is 4.24. The van der Waals surface area contributed by atoms with Crippen molar-refractivity contribution in [2.45, 2.75) is 18.3 Å². The standard InChI is InChI=1S/C14H17N3/c1-17-6-4-10-7-14(10,9-17)12-8-16-13-11(12)3-2-5-15-13/h2-3,5,8,10H,4,6-7,9H2,1H3,(H,15,16). The minimum absolute atomic E-state index is 0.425. The van der Waals surface area contributed by atoms with E-state index >= 15 is 0 Å². The number of likely N-dealkylation sites (tertiary alicyclic amines) is 1. The summed E-state index contributed by atoms with van der Waals surface area (Å²) in [5.74, 6) is 0.901. The fourth-order valence-corrected chi connectivity index (χ4v) is 3.67. The third-order valence-electron chi connectivity index (χ3n) is 4.63. The predicted octanol–water partition coefficient (Wildman–Crippen LogP) is 2.16. The molecule has 3 heteroatoms. The smallest absolute Gasteiger partial charge is 0.137 e. The van der Waals surface area contributed by atoms with E-state index in [1.165, 1.54) is 36.9 Å². The van der Waals surface area contributed by atoms with Gasteiger partial charge in [-0.3, -0.25) is 0 Å². The number of pyridine rings is 1. The van der Waals surface area contributed by atoms with Gasteiger partial charge in [-0.05, 0) is 50.0 Å². The normalized spacial score (nSPS) is 32.6. The number of aromatic nitrogens is 2. The maximum absolute atomic E-state index is 4.40. The SMILES string of the molecule is CN1CCC2CC2(c2c[nH]c3ncccc23)C1. The Kier molecular flexibility index (Phi) is 1.76. The van der Waals surface area contributed by atoms with Crippen LogP contribution in [0.5, 0.6) is 0 Å². The van der Waals surface area contributed by atoms with Crippen LogP contribution in [-0.4, -0.2) is 35.0 Å². The summed E-state index contributed by atoms with van der Waals surface area (Å²) in [6.45, 7) is 2.46. The van der Waals surface area contributed by atoms with Gasteiger partial charge >= 0.3 is 0 Å². The van der Waals surface area contributed by atoms with Crippen molar-refractivity contribution in [3.8, 4) is 0 Å². The van der Waals surface area contributed by atoms with Crippen molar-refractivity contribution in [3.63, 3.8) is 0 Å². The second kappa shape index (κ2) is 3.10. The molecule has 0 radical (unpaired) electrons. The highest BCUT2D eigenvalue weighted by molar-refractivity contribution is 5.81. The molecule has 0 spiro atoms. The molecular weight excluding hydrogens is 210 g/mol. The lowest BCUT2D eigenvalue weighted by Gasteiger charge is -2.29. The Hall–Kier alpha value is -1.35. The Morgan fingerprint density at radius 1 is 1.53 bits per heavy atom. The summed E-state index contributed by atoms with van der Waals surface area (Å²) in [5.41, 5.74) is 2.96. The molecule has 0 amide bonds. The number of H-pyrrole nitrogens is 1. The van der Waals surface area contributed by atoms with Crippen molar-refractivity contribution in [3.05, 3.63) is 30.1 Å². The molecule has 4 rings (SSSR count). The van der Waals surface area contributed by atoms with Crippen LogP contribution < -0.4 is 0 Å². The fourth-order valence-electron chi connectivity index (χ4n) is 3.67. The second-order valence-corrected chi connectivity index (χ2v) is 5.69. The first-order valence-corrected chi connectivity index (χ1v) is 6.41. The van der Waals surface area contributed by atoms with Crippen molar-refractivity contribution in [2.24, 2.45) is 5.92 Å². The van der Waals surface area contributed by atoms with E-state index in [1.807, 2.05) is 12.3 Å². The zero-order chi connectivity index (χ0) is 11.5. The zero-order valence-electron chi connectivity index (χ0n) is 10.1. The van der Waals surface area contributed by atoms with Gasteiger partial charge < -0.3 is 9.88 Å². The van der Waals surface area contributed by atoms with Crippen molar-refractivity contribution in [2.75, 3.05) is 20.1 Å². The number of piperidine rings is 1. The van der Waals surface area contributed by atoms with Crippen LogP contribution in [0, 0.1) is 5.92 Å². The highest BCUT2D eigenvalue weighted by Crippen LogP contribution is 2.59. The Morgan fingerprint density at radius 3 is 3.41 bits per heavy atom. The van der Waals surface area contributed by atoms with E-state index in [1.54, 1.807) is 0 Å². The van der Waals surface area contributed by atoms with Crippen LogP contribution in [0.4, 0.5) is 0 Å². The van der Waals surface area contributed by atoms with Crippen LogP contribution in [0.15, 0.2) is 24.5 Å². The first-order chi connectivity index (χ1) is 8.29. The highest BCUT2D eigenvalue weighted by atomic mass is 15.1. The number of nitrogens with one attached hydrogen (secondary N) is 1. The van der Waals surface area contributed by atoms with Gasteiger partial charge in [0.15, 0.2) is 0 Å². The first kappa shape index (κ1) is 9.66. The van der Waals surface area contributed by atoms with Crippen LogP contribution in [0.3, 0.4) is 0 Å². The van der Waals surface area contributed by atoms with E-state index in [0.29, 0.717) is 5.41 Å². The number of likely N-dealkylation sites (N-methyl/N-ethyl adjacent to an activating group) is 1. The van der Waals surface area contributed by atoms with Gasteiger partial charge in [-0.2, -0.15) is 0 Å². The summed E-state index contributed by atoms with van der Waals surface area (Å²) in [5, 5.41) is 1.32. The van der Waals surface area contributed by atoms with E-state index in [0.717, 1.165) is 11.6 Å². The largest absolute Gasteiger partial charge is 0.346 e. The Labute approximate surface area is 101 Å². The monoisotopic (exact) mass is 227 g/mol. The van der Waals surface area contributed by atoms with Gasteiger partial charge in [-0.25, -0.2) is 4.98 Å². The molecule has 2 atom stereocenters. The minimum Gasteiger partial charge on any atom is -0.346 e. The molecule has 0 bridgehead atoms. The molecular formula is C14H17N3. The number of fused-ring (bicyclic) bond motifs is 2. The van der Waals surface area contributed by atoms with E-state index < -0.39 is 0 Å². The lowest BCUT2D eigenvalue weighted by atomic mass is 9.89. The van der Waals surface area contributed by atoms with Gasteiger partial charge in [0.1, 0.15) is 5.65 Å². The molecule has 88 valence electrons. The van der Waals surface area contributed by atoms with E-state index in [2.05, 4.69) is 34.2 Å². The first-order valence-electron chi connectivity index (χ1n) is 6.41. The molecule has 1 aliphatic carbocycles. The van der Waals surface area contributed by atoms with E-state index in [9.17, 15) is 0 Å². The van der Waals surface area contributed by atoms with Crippen molar-refractivity contribution in [1.82, 2.24) is 14.9 Å². The van der Waals surface area contributed by atoms with Gasteiger partial charge in [0.05, 0.1) is 0 Å². The highest BCUT2D eigenvalue weighted by Gasteiger charge is 2.57. The van der Waals surface area contributed by atoms with Crippen LogP contribution in [0.1, 0.15) is 18.4 Å². The molecule has 17 heavy (non-hydrogen) atoms. The third-order valence-corrected chi connectivity index (χ3v) is 4.63. The third kappa shape index (κ3) is 1.23. The summed E-state index contributed by atoms with van der Waals surface area (Å²) in [6.07, 6.45) is 6.76. The quantitative estimate of drug-likeness (QED) is 0.809. The van der Waals surface area contributed by atoms with Crippen molar-refractivity contribution in [1.29, 1.82) is 0 Å². The van der Waals surface area contributed by atoms with E-state index in [-0.39, 0.29) is 0 Å².